The lowest BCUT2D eigenvalue weighted by atomic mass is 10.1. The van der Waals surface area contributed by atoms with E-state index < -0.39 is 35.4 Å². The van der Waals surface area contributed by atoms with Gasteiger partial charge in [0.25, 0.3) is 5.91 Å². The van der Waals surface area contributed by atoms with Crippen molar-refractivity contribution in [3.05, 3.63) is 41.5 Å². The Balaban J connectivity index is 1.63. The van der Waals surface area contributed by atoms with Crippen LogP contribution in [0.15, 0.2) is 24.7 Å². The number of hydrogen-bond acceptors (Lipinski definition) is 6. The maximum Gasteiger partial charge on any atom is 0.418 e. The van der Waals surface area contributed by atoms with Gasteiger partial charge in [0.1, 0.15) is 18.0 Å². The minimum atomic E-state index is -4.72. The number of pyridine rings is 1. The van der Waals surface area contributed by atoms with Crippen molar-refractivity contribution in [2.24, 2.45) is 5.92 Å². The van der Waals surface area contributed by atoms with Gasteiger partial charge in [0, 0.05) is 24.7 Å². The van der Waals surface area contributed by atoms with Crippen molar-refractivity contribution in [1.29, 1.82) is 0 Å². The molecule has 0 spiro atoms. The molecule has 1 fully saturated rings. The molecule has 13 heteroatoms. The van der Waals surface area contributed by atoms with E-state index in [1.165, 1.54) is 17.2 Å². The first-order chi connectivity index (χ1) is 16.9. The average Bonchev–Trinajstić information content (AvgIpc) is 3.35. The number of nitrogens with one attached hydrogen (secondary N) is 1. The predicted octanol–water partition coefficient (Wildman–Crippen LogP) is 3.03. The number of carbonyl (C=O) groups excluding carboxylic acids is 2. The topological polar surface area (TPSA) is 119 Å². The number of hydrogen-bond donors (Lipinski definition) is 2. The summed E-state index contributed by atoms with van der Waals surface area (Å²) in [6.07, 6.45) is -3.57. The Morgan fingerprint density at radius 3 is 2.61 bits per heavy atom. The largest absolute Gasteiger partial charge is 0.418 e. The Morgan fingerprint density at radius 1 is 1.22 bits per heavy atom. The van der Waals surface area contributed by atoms with Gasteiger partial charge in [0.05, 0.1) is 35.1 Å². The molecule has 0 radical (unpaired) electrons. The smallest absolute Gasteiger partial charge is 0.382 e. The number of likely N-dealkylation sites (tertiary alicyclic amines) is 1. The van der Waals surface area contributed by atoms with E-state index >= 15 is 0 Å². The van der Waals surface area contributed by atoms with Gasteiger partial charge in [-0.1, -0.05) is 13.8 Å². The quantitative estimate of drug-likeness (QED) is 0.513. The Morgan fingerprint density at radius 2 is 1.94 bits per heavy atom. The first-order valence-electron chi connectivity index (χ1n) is 11.3. The number of carbonyl (C=O) groups is 2. The lowest BCUT2D eigenvalue weighted by molar-refractivity contribution is -0.136. The Bertz CT molecular complexity index is 1320. The summed E-state index contributed by atoms with van der Waals surface area (Å²) in [5.74, 6) is -1.08. The molecule has 3 aromatic rings. The Kier molecular flexibility index (Phi) is 6.58. The minimum absolute atomic E-state index is 0.00247. The molecule has 4 heterocycles. The third-order valence-corrected chi connectivity index (χ3v) is 6.02. The zero-order chi connectivity index (χ0) is 26.4. The van der Waals surface area contributed by atoms with Crippen molar-refractivity contribution < 1.29 is 27.2 Å². The summed E-state index contributed by atoms with van der Waals surface area (Å²) in [7, 11) is 0. The molecule has 0 bridgehead atoms. The fourth-order valence-corrected chi connectivity index (χ4v) is 4.22. The summed E-state index contributed by atoms with van der Waals surface area (Å²) in [4.78, 5) is 34.5. The minimum Gasteiger partial charge on any atom is -0.382 e. The molecule has 3 N–H and O–H groups in total. The highest BCUT2D eigenvalue weighted by atomic mass is 19.4. The van der Waals surface area contributed by atoms with Crippen molar-refractivity contribution in [2.45, 2.75) is 45.6 Å². The van der Waals surface area contributed by atoms with Crippen molar-refractivity contribution in [2.75, 3.05) is 18.8 Å². The molecule has 9 nitrogen and oxygen atoms in total. The number of aryl methyl sites for hydroxylation is 1. The number of alkyl halides is 4. The molecule has 36 heavy (non-hydrogen) atoms. The fraction of sp³-hybridized carbons (Fsp3) is 0.435. The van der Waals surface area contributed by atoms with Crippen molar-refractivity contribution in [3.63, 3.8) is 0 Å². The van der Waals surface area contributed by atoms with Gasteiger partial charge in [-0.3, -0.25) is 14.6 Å². The second-order valence-corrected chi connectivity index (χ2v) is 9.20. The van der Waals surface area contributed by atoms with Crippen molar-refractivity contribution in [3.8, 4) is 11.3 Å². The van der Waals surface area contributed by atoms with E-state index in [1.807, 2.05) is 13.8 Å². The van der Waals surface area contributed by atoms with Gasteiger partial charge in [-0.2, -0.15) is 18.3 Å². The number of nitrogens with two attached hydrogens (primary N) is 1. The van der Waals surface area contributed by atoms with Crippen molar-refractivity contribution in [1.82, 2.24) is 29.8 Å². The van der Waals surface area contributed by atoms with Crippen LogP contribution in [0, 0.1) is 12.8 Å². The molecule has 3 aromatic heterocycles. The maximum atomic E-state index is 14.6. The molecule has 1 saturated heterocycles. The molecule has 0 aromatic carbocycles. The Hall–Kier alpha value is -3.77. The van der Waals surface area contributed by atoms with Crippen LogP contribution in [0.4, 0.5) is 23.4 Å². The lowest BCUT2D eigenvalue weighted by Gasteiger charge is -2.18. The number of halogens is 4. The molecule has 0 unspecified atom stereocenters. The van der Waals surface area contributed by atoms with Gasteiger partial charge in [-0.25, -0.2) is 13.9 Å². The summed E-state index contributed by atoms with van der Waals surface area (Å²) < 4.78 is 56.6. The standard InChI is InChI=1S/C23H25F4N7O2/c1-11(2)4-19(35)33-8-16(24)17(9-33)32-22(36)14-5-13(7-29-12(14)3)18-6-15(23(25,26)27)20-21(28)30-10-31-34(18)20/h5-7,10-11,16-17H,4,8-9H2,1-3H3,(H,32,36)(H2,28,30,31)/t16-,17+/m0/s1. The number of nitrogen functional groups attached to an aromatic ring is 1. The van der Waals surface area contributed by atoms with Crippen LogP contribution < -0.4 is 11.1 Å². The predicted molar refractivity (Wildman–Crippen MR) is 123 cm³/mol. The second kappa shape index (κ2) is 9.36. The molecular formula is C23H25F4N7O2. The van der Waals surface area contributed by atoms with E-state index in [2.05, 4.69) is 20.4 Å². The number of fused-ring (bicyclic) bond motifs is 1. The van der Waals surface area contributed by atoms with Crippen LogP contribution in [0.2, 0.25) is 0 Å². The number of anilines is 1. The van der Waals surface area contributed by atoms with Crippen LogP contribution in [-0.2, 0) is 11.0 Å². The summed E-state index contributed by atoms with van der Waals surface area (Å²) >= 11 is 0. The van der Waals surface area contributed by atoms with E-state index in [0.29, 0.717) is 5.69 Å². The molecule has 1 aliphatic heterocycles. The SMILES string of the molecule is Cc1ncc(-c2cc(C(F)(F)F)c3c(N)ncnn23)cc1C(=O)N[C@@H]1CN(C(=O)CC(C)C)C[C@@H]1F. The molecule has 2 amide bonds. The van der Waals surface area contributed by atoms with E-state index in [4.69, 9.17) is 5.73 Å². The average molecular weight is 507 g/mol. The zero-order valence-corrected chi connectivity index (χ0v) is 19.8. The van der Waals surface area contributed by atoms with Gasteiger partial charge in [-0.05, 0) is 25.0 Å². The molecule has 2 atom stereocenters. The summed E-state index contributed by atoms with van der Waals surface area (Å²) in [5, 5.41) is 6.50. The highest BCUT2D eigenvalue weighted by Crippen LogP contribution is 2.38. The third-order valence-electron chi connectivity index (χ3n) is 6.02. The zero-order valence-electron chi connectivity index (χ0n) is 19.8. The number of aromatic nitrogens is 4. The van der Waals surface area contributed by atoms with Crippen LogP contribution in [0.25, 0.3) is 16.8 Å². The second-order valence-electron chi connectivity index (χ2n) is 9.20. The molecule has 4 rings (SSSR count). The molecule has 0 aliphatic carbocycles. The lowest BCUT2D eigenvalue weighted by Crippen LogP contribution is -2.42. The van der Waals surface area contributed by atoms with Crippen LogP contribution >= 0.6 is 0 Å². The van der Waals surface area contributed by atoms with Crippen LogP contribution in [-0.4, -0.2) is 61.6 Å². The van der Waals surface area contributed by atoms with Gasteiger partial charge >= 0.3 is 6.18 Å². The van der Waals surface area contributed by atoms with Gasteiger partial charge in [-0.15, -0.1) is 0 Å². The monoisotopic (exact) mass is 507 g/mol. The van der Waals surface area contributed by atoms with Gasteiger partial charge in [0.2, 0.25) is 5.91 Å². The normalized spacial score (nSPS) is 18.3. The van der Waals surface area contributed by atoms with E-state index in [0.717, 1.165) is 16.9 Å². The molecule has 1 aliphatic rings. The van der Waals surface area contributed by atoms with Crippen LogP contribution in [0.3, 0.4) is 0 Å². The highest BCUT2D eigenvalue weighted by molar-refractivity contribution is 5.96. The maximum absolute atomic E-state index is 14.6. The number of amides is 2. The third kappa shape index (κ3) is 4.82. The Labute approximate surface area is 203 Å². The molecule has 192 valence electrons. The summed E-state index contributed by atoms with van der Waals surface area (Å²) in [5.41, 5.74) is 4.78. The first kappa shape index (κ1) is 25.3. The first-order valence-corrected chi connectivity index (χ1v) is 11.3. The number of nitrogens with zero attached hydrogens (tertiary/aromatic N) is 5. The summed E-state index contributed by atoms with van der Waals surface area (Å²) in [6.45, 7) is 5.23. The molecular weight excluding hydrogens is 482 g/mol. The molecule has 0 saturated carbocycles. The van der Waals surface area contributed by atoms with Crippen molar-refractivity contribution >= 4 is 23.1 Å². The van der Waals surface area contributed by atoms with E-state index in [9.17, 15) is 27.2 Å². The van der Waals surface area contributed by atoms with Crippen LogP contribution in [0.1, 0.15) is 41.9 Å². The van der Waals surface area contributed by atoms with Crippen LogP contribution in [0.5, 0.6) is 0 Å². The summed E-state index contributed by atoms with van der Waals surface area (Å²) in [6, 6.07) is 1.30. The number of rotatable bonds is 5. The van der Waals surface area contributed by atoms with Gasteiger partial charge in [0.15, 0.2) is 5.82 Å². The van der Waals surface area contributed by atoms with E-state index in [-0.39, 0.29) is 54.0 Å². The highest BCUT2D eigenvalue weighted by Gasteiger charge is 2.38. The fourth-order valence-electron chi connectivity index (χ4n) is 4.22. The van der Waals surface area contributed by atoms with E-state index in [1.54, 1.807) is 6.92 Å². The van der Waals surface area contributed by atoms with Gasteiger partial charge < -0.3 is 16.0 Å².